The molecular weight excluding hydrogens is 224 g/mol. The van der Waals surface area contributed by atoms with Gasteiger partial charge in [0.2, 0.25) is 0 Å². The summed E-state index contributed by atoms with van der Waals surface area (Å²) < 4.78 is 0. The molecule has 0 atom stereocenters. The fraction of sp³-hybridized carbons (Fsp3) is 0.357. The predicted octanol–water partition coefficient (Wildman–Crippen LogP) is 2.73. The van der Waals surface area contributed by atoms with Crippen molar-refractivity contribution in [1.29, 1.82) is 0 Å². The van der Waals surface area contributed by atoms with Crippen LogP contribution in [0.25, 0.3) is 11.3 Å². The number of nitrogens with two attached hydrogens (primary N) is 1. The Bertz CT molecular complexity index is 570. The Hall–Kier alpha value is -1.97. The van der Waals surface area contributed by atoms with Crippen molar-refractivity contribution in [2.24, 2.45) is 0 Å². The molecule has 0 fully saturated rings. The van der Waals surface area contributed by atoms with Gasteiger partial charge in [-0.3, -0.25) is 4.98 Å². The van der Waals surface area contributed by atoms with Crippen LogP contribution in [-0.2, 0) is 5.41 Å². The van der Waals surface area contributed by atoms with Gasteiger partial charge in [0.25, 0.3) is 0 Å². The number of aromatic nitrogens is 3. The first-order valence-electron chi connectivity index (χ1n) is 5.94. The standard InChI is InChI=1S/C14H18N4/c1-9-8-16-6-5-10(9)11-7-12(15)18-13(17-11)14(2,3)4/h5-8H,1-4H3,(H2,15,17,18). The van der Waals surface area contributed by atoms with E-state index in [1.807, 2.05) is 19.2 Å². The molecule has 0 amide bonds. The monoisotopic (exact) mass is 242 g/mol. The van der Waals surface area contributed by atoms with Crippen LogP contribution in [0.5, 0.6) is 0 Å². The second-order valence-corrected chi connectivity index (χ2v) is 5.44. The van der Waals surface area contributed by atoms with Crippen molar-refractivity contribution >= 4 is 5.82 Å². The van der Waals surface area contributed by atoms with Gasteiger partial charge in [0.1, 0.15) is 11.6 Å². The first-order valence-corrected chi connectivity index (χ1v) is 5.94. The molecular formula is C14H18N4. The second-order valence-electron chi connectivity index (χ2n) is 5.44. The highest BCUT2D eigenvalue weighted by atomic mass is 15.0. The fourth-order valence-corrected chi connectivity index (χ4v) is 1.70. The summed E-state index contributed by atoms with van der Waals surface area (Å²) in [6, 6.07) is 3.75. The Balaban J connectivity index is 2.60. The highest BCUT2D eigenvalue weighted by molar-refractivity contribution is 5.64. The van der Waals surface area contributed by atoms with E-state index in [-0.39, 0.29) is 5.41 Å². The topological polar surface area (TPSA) is 64.7 Å². The van der Waals surface area contributed by atoms with E-state index in [1.54, 1.807) is 12.3 Å². The van der Waals surface area contributed by atoms with Crippen molar-refractivity contribution in [3.63, 3.8) is 0 Å². The molecule has 0 saturated carbocycles. The largest absolute Gasteiger partial charge is 0.384 e. The lowest BCUT2D eigenvalue weighted by atomic mass is 9.95. The van der Waals surface area contributed by atoms with E-state index in [1.165, 1.54) is 0 Å². The number of pyridine rings is 1. The summed E-state index contributed by atoms with van der Waals surface area (Å²) in [7, 11) is 0. The molecule has 94 valence electrons. The average molecular weight is 242 g/mol. The van der Waals surface area contributed by atoms with Crippen molar-refractivity contribution in [3.05, 3.63) is 35.9 Å². The van der Waals surface area contributed by atoms with Crippen LogP contribution in [0.4, 0.5) is 5.82 Å². The molecule has 0 aliphatic heterocycles. The molecule has 2 aromatic rings. The highest BCUT2D eigenvalue weighted by Crippen LogP contribution is 2.25. The van der Waals surface area contributed by atoms with Gasteiger partial charge in [0.05, 0.1) is 5.69 Å². The van der Waals surface area contributed by atoms with Crippen molar-refractivity contribution in [2.45, 2.75) is 33.1 Å². The number of nitrogens with zero attached hydrogens (tertiary/aromatic N) is 3. The third kappa shape index (κ3) is 2.47. The summed E-state index contributed by atoms with van der Waals surface area (Å²) in [5.41, 5.74) is 8.74. The van der Waals surface area contributed by atoms with Gasteiger partial charge in [-0.1, -0.05) is 20.8 Å². The molecule has 4 heteroatoms. The van der Waals surface area contributed by atoms with Crippen molar-refractivity contribution in [3.8, 4) is 11.3 Å². The van der Waals surface area contributed by atoms with Crippen LogP contribution in [0.3, 0.4) is 0 Å². The van der Waals surface area contributed by atoms with E-state index >= 15 is 0 Å². The molecule has 0 saturated heterocycles. The second kappa shape index (κ2) is 4.37. The molecule has 0 unspecified atom stereocenters. The van der Waals surface area contributed by atoms with Gasteiger partial charge in [0, 0.05) is 29.4 Å². The first-order chi connectivity index (χ1) is 8.38. The van der Waals surface area contributed by atoms with Crippen LogP contribution < -0.4 is 5.73 Å². The van der Waals surface area contributed by atoms with Gasteiger partial charge in [-0.2, -0.15) is 0 Å². The molecule has 2 aromatic heterocycles. The molecule has 0 radical (unpaired) electrons. The van der Waals surface area contributed by atoms with Gasteiger partial charge in [0.15, 0.2) is 0 Å². The first kappa shape index (κ1) is 12.5. The minimum Gasteiger partial charge on any atom is -0.384 e. The lowest BCUT2D eigenvalue weighted by Gasteiger charge is -2.18. The van der Waals surface area contributed by atoms with E-state index in [0.717, 1.165) is 22.6 Å². The van der Waals surface area contributed by atoms with Crippen LogP contribution in [0.2, 0.25) is 0 Å². The Kier molecular flexibility index (Phi) is 3.03. The maximum atomic E-state index is 5.88. The molecule has 18 heavy (non-hydrogen) atoms. The van der Waals surface area contributed by atoms with E-state index in [0.29, 0.717) is 5.82 Å². The Morgan fingerprint density at radius 3 is 2.50 bits per heavy atom. The zero-order valence-corrected chi connectivity index (χ0v) is 11.2. The van der Waals surface area contributed by atoms with Crippen molar-refractivity contribution < 1.29 is 0 Å². The molecule has 2 rings (SSSR count). The minimum atomic E-state index is -0.120. The predicted molar refractivity (Wildman–Crippen MR) is 73.1 cm³/mol. The Morgan fingerprint density at radius 2 is 1.89 bits per heavy atom. The average Bonchev–Trinajstić information content (AvgIpc) is 2.27. The highest BCUT2D eigenvalue weighted by Gasteiger charge is 2.19. The SMILES string of the molecule is Cc1cnccc1-c1cc(N)nc(C(C)(C)C)n1. The van der Waals surface area contributed by atoms with Gasteiger partial charge in [-0.15, -0.1) is 0 Å². The van der Waals surface area contributed by atoms with Crippen LogP contribution in [-0.4, -0.2) is 15.0 Å². The van der Waals surface area contributed by atoms with Gasteiger partial charge in [-0.25, -0.2) is 9.97 Å². The third-order valence-electron chi connectivity index (χ3n) is 2.71. The molecule has 0 spiro atoms. The number of hydrogen-bond acceptors (Lipinski definition) is 4. The van der Waals surface area contributed by atoms with Gasteiger partial charge in [-0.05, 0) is 18.6 Å². The van der Waals surface area contributed by atoms with Gasteiger partial charge < -0.3 is 5.73 Å². The molecule has 2 heterocycles. The molecule has 4 nitrogen and oxygen atoms in total. The molecule has 0 aliphatic carbocycles. The van der Waals surface area contributed by atoms with Crippen LogP contribution in [0.1, 0.15) is 32.2 Å². The number of aryl methyl sites for hydroxylation is 1. The third-order valence-corrected chi connectivity index (χ3v) is 2.71. The lowest BCUT2D eigenvalue weighted by Crippen LogP contribution is -2.17. The van der Waals surface area contributed by atoms with E-state index in [9.17, 15) is 0 Å². The quantitative estimate of drug-likeness (QED) is 0.835. The van der Waals surface area contributed by atoms with Gasteiger partial charge >= 0.3 is 0 Å². The minimum absolute atomic E-state index is 0.120. The van der Waals surface area contributed by atoms with E-state index in [2.05, 4.69) is 35.7 Å². The number of hydrogen-bond donors (Lipinski definition) is 1. The summed E-state index contributed by atoms with van der Waals surface area (Å²) in [4.78, 5) is 13.0. The smallest absolute Gasteiger partial charge is 0.136 e. The maximum absolute atomic E-state index is 5.88. The fourth-order valence-electron chi connectivity index (χ4n) is 1.70. The van der Waals surface area contributed by atoms with Crippen LogP contribution in [0.15, 0.2) is 24.5 Å². The zero-order chi connectivity index (χ0) is 13.3. The molecule has 2 N–H and O–H groups in total. The number of nitrogen functional groups attached to an aromatic ring is 1. The molecule has 0 aromatic carbocycles. The Morgan fingerprint density at radius 1 is 1.17 bits per heavy atom. The van der Waals surface area contributed by atoms with Crippen molar-refractivity contribution in [1.82, 2.24) is 15.0 Å². The lowest BCUT2D eigenvalue weighted by molar-refractivity contribution is 0.547. The number of anilines is 1. The Labute approximate surface area is 107 Å². The zero-order valence-electron chi connectivity index (χ0n) is 11.2. The summed E-state index contributed by atoms with van der Waals surface area (Å²) in [6.45, 7) is 8.23. The molecule has 0 bridgehead atoms. The summed E-state index contributed by atoms with van der Waals surface area (Å²) in [5, 5.41) is 0. The summed E-state index contributed by atoms with van der Waals surface area (Å²) in [6.07, 6.45) is 3.59. The summed E-state index contributed by atoms with van der Waals surface area (Å²) >= 11 is 0. The van der Waals surface area contributed by atoms with E-state index < -0.39 is 0 Å². The van der Waals surface area contributed by atoms with E-state index in [4.69, 9.17) is 5.73 Å². The normalized spacial score (nSPS) is 11.6. The maximum Gasteiger partial charge on any atom is 0.136 e. The van der Waals surface area contributed by atoms with Crippen LogP contribution >= 0.6 is 0 Å². The number of rotatable bonds is 1. The van der Waals surface area contributed by atoms with Crippen LogP contribution in [0, 0.1) is 6.92 Å². The molecule has 0 aliphatic rings. The summed E-state index contributed by atoms with van der Waals surface area (Å²) in [5.74, 6) is 1.26. The van der Waals surface area contributed by atoms with Crippen molar-refractivity contribution in [2.75, 3.05) is 5.73 Å².